The lowest BCUT2D eigenvalue weighted by Crippen LogP contribution is -2.17. The lowest BCUT2D eigenvalue weighted by molar-refractivity contribution is 0.237. The third kappa shape index (κ3) is 4.54. The molecule has 0 aliphatic carbocycles. The standard InChI is InChI=1S/C17H21NO4S/c1-12(2)22-16-9-14(11-19)10-17(23(18,20)21)15(16)8-13-6-4-3-5-7-13/h3-7,9-10,12,19H,8,11H2,1-2H3,(H2,18,20,21). The first-order chi connectivity index (χ1) is 10.8. The van der Waals surface area contributed by atoms with Gasteiger partial charge < -0.3 is 9.84 Å². The van der Waals surface area contributed by atoms with Gasteiger partial charge >= 0.3 is 0 Å². The molecule has 6 heteroatoms. The minimum absolute atomic E-state index is 0.0106. The molecule has 0 saturated heterocycles. The van der Waals surface area contributed by atoms with Gasteiger partial charge in [0.05, 0.1) is 17.6 Å². The van der Waals surface area contributed by atoms with E-state index in [0.29, 0.717) is 23.3 Å². The molecule has 0 aromatic heterocycles. The van der Waals surface area contributed by atoms with Gasteiger partial charge in [-0.25, -0.2) is 13.6 Å². The molecule has 0 saturated carbocycles. The van der Waals surface area contributed by atoms with E-state index in [-0.39, 0.29) is 17.6 Å². The molecule has 0 fully saturated rings. The fourth-order valence-corrected chi connectivity index (χ4v) is 3.18. The third-order valence-corrected chi connectivity index (χ3v) is 4.28. The van der Waals surface area contributed by atoms with Gasteiger partial charge in [0.1, 0.15) is 5.75 Å². The summed E-state index contributed by atoms with van der Waals surface area (Å²) in [4.78, 5) is -0.0106. The molecular weight excluding hydrogens is 314 g/mol. The Labute approximate surface area is 136 Å². The maximum Gasteiger partial charge on any atom is 0.238 e. The van der Waals surface area contributed by atoms with Gasteiger partial charge in [0.15, 0.2) is 0 Å². The highest BCUT2D eigenvalue weighted by Crippen LogP contribution is 2.31. The summed E-state index contributed by atoms with van der Waals surface area (Å²) in [6.07, 6.45) is 0.243. The molecule has 0 spiro atoms. The number of rotatable bonds is 6. The number of benzene rings is 2. The van der Waals surface area contributed by atoms with Crippen molar-refractivity contribution in [1.29, 1.82) is 0 Å². The van der Waals surface area contributed by atoms with E-state index in [1.54, 1.807) is 6.07 Å². The Hall–Kier alpha value is -1.89. The van der Waals surface area contributed by atoms with Crippen LogP contribution in [0.1, 0.15) is 30.5 Å². The highest BCUT2D eigenvalue weighted by atomic mass is 32.2. The summed E-state index contributed by atoms with van der Waals surface area (Å²) in [6, 6.07) is 12.5. The molecule has 0 aliphatic heterocycles. The van der Waals surface area contributed by atoms with Crippen LogP contribution in [0.25, 0.3) is 0 Å². The first-order valence-electron chi connectivity index (χ1n) is 7.31. The molecule has 0 aliphatic rings. The smallest absolute Gasteiger partial charge is 0.238 e. The summed E-state index contributed by atoms with van der Waals surface area (Å²) in [5, 5.41) is 14.7. The second kappa shape index (κ2) is 7.12. The zero-order valence-electron chi connectivity index (χ0n) is 13.2. The van der Waals surface area contributed by atoms with Crippen LogP contribution in [0, 0.1) is 0 Å². The van der Waals surface area contributed by atoms with Crippen molar-refractivity contribution in [3.8, 4) is 5.75 Å². The van der Waals surface area contributed by atoms with E-state index in [1.807, 2.05) is 44.2 Å². The van der Waals surface area contributed by atoms with E-state index in [1.165, 1.54) is 6.07 Å². The predicted molar refractivity (Wildman–Crippen MR) is 88.8 cm³/mol. The lowest BCUT2D eigenvalue weighted by Gasteiger charge is -2.18. The Morgan fingerprint density at radius 1 is 1.13 bits per heavy atom. The summed E-state index contributed by atoms with van der Waals surface area (Å²) < 4.78 is 29.7. The van der Waals surface area contributed by atoms with Crippen LogP contribution in [0.2, 0.25) is 0 Å². The number of aliphatic hydroxyl groups excluding tert-OH is 1. The van der Waals surface area contributed by atoms with Crippen LogP contribution < -0.4 is 9.88 Å². The van der Waals surface area contributed by atoms with E-state index < -0.39 is 10.0 Å². The summed E-state index contributed by atoms with van der Waals surface area (Å²) in [7, 11) is -3.94. The van der Waals surface area contributed by atoms with Crippen LogP contribution in [0.4, 0.5) is 0 Å². The largest absolute Gasteiger partial charge is 0.491 e. The van der Waals surface area contributed by atoms with Crippen LogP contribution in [0.15, 0.2) is 47.4 Å². The van der Waals surface area contributed by atoms with Gasteiger partial charge in [-0.05, 0) is 37.1 Å². The van der Waals surface area contributed by atoms with Crippen molar-refractivity contribution in [2.75, 3.05) is 0 Å². The molecule has 124 valence electrons. The molecule has 5 nitrogen and oxygen atoms in total. The minimum Gasteiger partial charge on any atom is -0.491 e. The minimum atomic E-state index is -3.94. The van der Waals surface area contributed by atoms with Gasteiger partial charge in [-0.2, -0.15) is 0 Å². The molecule has 23 heavy (non-hydrogen) atoms. The number of ether oxygens (including phenoxy) is 1. The molecule has 0 heterocycles. The van der Waals surface area contributed by atoms with E-state index in [2.05, 4.69) is 0 Å². The molecule has 0 unspecified atom stereocenters. The normalized spacial score (nSPS) is 11.7. The number of primary sulfonamides is 1. The Morgan fingerprint density at radius 2 is 1.78 bits per heavy atom. The van der Waals surface area contributed by atoms with Crippen molar-refractivity contribution in [2.24, 2.45) is 5.14 Å². The molecule has 2 rings (SSSR count). The van der Waals surface area contributed by atoms with Crippen molar-refractivity contribution in [2.45, 2.75) is 37.9 Å². The maximum absolute atomic E-state index is 12.0. The average molecular weight is 335 g/mol. The number of hydrogen-bond donors (Lipinski definition) is 2. The Morgan fingerprint density at radius 3 is 2.30 bits per heavy atom. The Balaban J connectivity index is 2.63. The average Bonchev–Trinajstić information content (AvgIpc) is 2.48. The summed E-state index contributed by atoms with van der Waals surface area (Å²) in [5.74, 6) is 0.430. The SMILES string of the molecule is CC(C)Oc1cc(CO)cc(S(N)(=O)=O)c1Cc1ccccc1. The summed E-state index contributed by atoms with van der Waals surface area (Å²) >= 11 is 0. The number of hydrogen-bond acceptors (Lipinski definition) is 4. The molecule has 0 amide bonds. The van der Waals surface area contributed by atoms with Crippen molar-refractivity contribution < 1.29 is 18.3 Å². The van der Waals surface area contributed by atoms with Gasteiger partial charge in [-0.3, -0.25) is 0 Å². The topological polar surface area (TPSA) is 89.6 Å². The van der Waals surface area contributed by atoms with E-state index in [9.17, 15) is 13.5 Å². The summed E-state index contributed by atoms with van der Waals surface area (Å²) in [6.45, 7) is 3.42. The molecule has 0 bridgehead atoms. The van der Waals surface area contributed by atoms with Crippen molar-refractivity contribution in [3.63, 3.8) is 0 Å². The van der Waals surface area contributed by atoms with Gasteiger partial charge in [0.25, 0.3) is 0 Å². The fraction of sp³-hybridized carbons (Fsp3) is 0.294. The molecule has 3 N–H and O–H groups in total. The van der Waals surface area contributed by atoms with E-state index in [4.69, 9.17) is 9.88 Å². The molecule has 0 atom stereocenters. The highest BCUT2D eigenvalue weighted by molar-refractivity contribution is 7.89. The van der Waals surface area contributed by atoms with E-state index in [0.717, 1.165) is 5.56 Å². The van der Waals surface area contributed by atoms with Crippen LogP contribution in [0.5, 0.6) is 5.75 Å². The number of nitrogens with two attached hydrogens (primary N) is 1. The summed E-state index contributed by atoms with van der Waals surface area (Å²) in [5.41, 5.74) is 1.90. The number of sulfonamides is 1. The highest BCUT2D eigenvalue weighted by Gasteiger charge is 2.21. The molecule has 2 aromatic rings. The second-order valence-corrected chi connectivity index (χ2v) is 7.13. The Bertz CT molecular complexity index is 771. The van der Waals surface area contributed by atoms with Gasteiger partial charge in [-0.15, -0.1) is 0 Å². The van der Waals surface area contributed by atoms with E-state index >= 15 is 0 Å². The second-order valence-electron chi connectivity index (χ2n) is 5.60. The van der Waals surface area contributed by atoms with Crippen molar-refractivity contribution in [1.82, 2.24) is 0 Å². The van der Waals surface area contributed by atoms with Crippen LogP contribution >= 0.6 is 0 Å². The van der Waals surface area contributed by atoms with Crippen LogP contribution in [-0.2, 0) is 23.1 Å². The Kier molecular flexibility index (Phi) is 5.41. The molecular formula is C17H21NO4S. The maximum atomic E-state index is 12.0. The van der Waals surface area contributed by atoms with Gasteiger partial charge in [-0.1, -0.05) is 30.3 Å². The lowest BCUT2D eigenvalue weighted by atomic mass is 10.0. The quantitative estimate of drug-likeness (QED) is 0.847. The van der Waals surface area contributed by atoms with Crippen molar-refractivity contribution in [3.05, 3.63) is 59.2 Å². The third-order valence-electron chi connectivity index (χ3n) is 3.30. The molecule has 0 radical (unpaired) electrons. The monoisotopic (exact) mass is 335 g/mol. The number of aliphatic hydroxyl groups is 1. The molecule has 2 aromatic carbocycles. The van der Waals surface area contributed by atoms with Gasteiger partial charge in [0, 0.05) is 12.0 Å². The first kappa shape index (κ1) is 17.5. The first-order valence-corrected chi connectivity index (χ1v) is 8.86. The zero-order valence-corrected chi connectivity index (χ0v) is 14.0. The van der Waals surface area contributed by atoms with Crippen molar-refractivity contribution >= 4 is 10.0 Å². The van der Waals surface area contributed by atoms with Crippen LogP contribution in [-0.4, -0.2) is 19.6 Å². The fourth-order valence-electron chi connectivity index (χ4n) is 2.35. The zero-order chi connectivity index (χ0) is 17.0. The van der Waals surface area contributed by atoms with Crippen LogP contribution in [0.3, 0.4) is 0 Å². The predicted octanol–water partition coefficient (Wildman–Crippen LogP) is 2.20. The van der Waals surface area contributed by atoms with Gasteiger partial charge in [0.2, 0.25) is 10.0 Å².